The third-order valence-electron chi connectivity index (χ3n) is 5.56. The Kier molecular flexibility index (Phi) is 5.21. The highest BCUT2D eigenvalue weighted by atomic mass is 16.2. The number of rotatable bonds is 4. The number of carbonyl (C=O) groups excluding carboxylic acids is 1. The molecule has 2 N–H and O–H groups in total. The zero-order chi connectivity index (χ0) is 23.8. The fourth-order valence-electron chi connectivity index (χ4n) is 3.79. The molecule has 0 aliphatic carbocycles. The topological polar surface area (TPSA) is 116 Å². The number of aromatic nitrogens is 6. The molecule has 5 aromatic rings. The fraction of sp³-hybridized carbons (Fsp3) is 0.120. The van der Waals surface area contributed by atoms with Crippen molar-refractivity contribution in [2.45, 2.75) is 0 Å². The van der Waals surface area contributed by atoms with Gasteiger partial charge in [0.05, 0.1) is 11.3 Å². The van der Waals surface area contributed by atoms with Crippen molar-refractivity contribution in [2.75, 3.05) is 19.8 Å². The van der Waals surface area contributed by atoms with Gasteiger partial charge in [-0.05, 0) is 36.4 Å². The maximum Gasteiger partial charge on any atom is 0.254 e. The third-order valence-corrected chi connectivity index (χ3v) is 5.56. The van der Waals surface area contributed by atoms with E-state index in [1.165, 1.54) is 4.90 Å². The number of aryl methyl sites for hydroxylation is 1. The molecule has 1 amide bonds. The average Bonchev–Trinajstić information content (AvgIpc) is 3.20. The average molecular weight is 451 g/mol. The standard InChI is InChI=1S/C25H22N8O/c1-32(2)25(34)16-6-7-21(28-12-16)19-9-17(13-29-23(19)26)18-10-20-22(15-5-4-8-27-11-15)31-33(3)24(20)30-14-18/h4-14H,1-3H3,(H2,26,29). The fourth-order valence-corrected chi connectivity index (χ4v) is 3.79. The number of amides is 1. The number of nitrogens with two attached hydrogens (primary N) is 1. The summed E-state index contributed by atoms with van der Waals surface area (Å²) >= 11 is 0. The van der Waals surface area contributed by atoms with Gasteiger partial charge >= 0.3 is 0 Å². The summed E-state index contributed by atoms with van der Waals surface area (Å²) in [5.41, 5.74) is 12.2. The van der Waals surface area contributed by atoms with E-state index in [1.807, 2.05) is 31.3 Å². The van der Waals surface area contributed by atoms with Crippen molar-refractivity contribution in [3.63, 3.8) is 0 Å². The zero-order valence-electron chi connectivity index (χ0n) is 19.0. The van der Waals surface area contributed by atoms with E-state index in [0.29, 0.717) is 22.6 Å². The summed E-state index contributed by atoms with van der Waals surface area (Å²) in [6.07, 6.45) is 8.57. The smallest absolute Gasteiger partial charge is 0.254 e. The van der Waals surface area contributed by atoms with Gasteiger partial charge in [0.15, 0.2) is 5.65 Å². The summed E-state index contributed by atoms with van der Waals surface area (Å²) in [5, 5.41) is 5.56. The molecule has 0 radical (unpaired) electrons. The molecule has 0 aliphatic heterocycles. The lowest BCUT2D eigenvalue weighted by Crippen LogP contribution is -2.21. The van der Waals surface area contributed by atoms with Crippen LogP contribution in [-0.4, -0.2) is 54.6 Å². The number of nitrogen functional groups attached to an aromatic ring is 1. The molecular formula is C25H22N8O. The lowest BCUT2D eigenvalue weighted by molar-refractivity contribution is 0.0827. The Balaban J connectivity index is 1.57. The minimum atomic E-state index is -0.112. The summed E-state index contributed by atoms with van der Waals surface area (Å²) < 4.78 is 1.76. The first kappa shape index (κ1) is 21.2. The lowest BCUT2D eigenvalue weighted by atomic mass is 10.0. The van der Waals surface area contributed by atoms with Gasteiger partial charge in [0.2, 0.25) is 0 Å². The second-order valence-corrected chi connectivity index (χ2v) is 8.10. The number of anilines is 1. The van der Waals surface area contributed by atoms with Crippen molar-refractivity contribution in [3.8, 4) is 33.6 Å². The molecular weight excluding hydrogens is 428 g/mol. The number of nitrogens with zero attached hydrogens (tertiary/aromatic N) is 7. The summed E-state index contributed by atoms with van der Waals surface area (Å²) in [5.74, 6) is 0.244. The van der Waals surface area contributed by atoms with E-state index in [4.69, 9.17) is 5.73 Å². The highest BCUT2D eigenvalue weighted by Crippen LogP contribution is 2.32. The number of pyridine rings is 4. The Morgan fingerprint density at radius 2 is 1.74 bits per heavy atom. The van der Waals surface area contributed by atoms with E-state index in [2.05, 4.69) is 25.0 Å². The van der Waals surface area contributed by atoms with E-state index >= 15 is 0 Å². The van der Waals surface area contributed by atoms with Gasteiger partial charge in [-0.3, -0.25) is 14.8 Å². The predicted octanol–water partition coefficient (Wildman–Crippen LogP) is 3.44. The molecule has 5 rings (SSSR count). The summed E-state index contributed by atoms with van der Waals surface area (Å²) in [4.78, 5) is 31.4. The van der Waals surface area contributed by atoms with Gasteiger partial charge in [0.25, 0.3) is 5.91 Å². The van der Waals surface area contributed by atoms with Gasteiger partial charge < -0.3 is 10.6 Å². The first-order valence-corrected chi connectivity index (χ1v) is 10.6. The van der Waals surface area contributed by atoms with Crippen LogP contribution in [0.3, 0.4) is 0 Å². The largest absolute Gasteiger partial charge is 0.383 e. The second kappa shape index (κ2) is 8.36. The molecule has 5 aromatic heterocycles. The second-order valence-electron chi connectivity index (χ2n) is 8.10. The molecule has 0 aromatic carbocycles. The van der Waals surface area contributed by atoms with Crippen LogP contribution in [0.25, 0.3) is 44.7 Å². The van der Waals surface area contributed by atoms with Gasteiger partial charge in [-0.2, -0.15) is 5.10 Å². The number of hydrogen-bond donors (Lipinski definition) is 1. The first-order chi connectivity index (χ1) is 16.4. The van der Waals surface area contributed by atoms with Crippen LogP contribution in [0.2, 0.25) is 0 Å². The number of carbonyl (C=O) groups is 1. The van der Waals surface area contributed by atoms with Crippen LogP contribution in [0, 0.1) is 0 Å². The van der Waals surface area contributed by atoms with Crippen LogP contribution in [0.5, 0.6) is 0 Å². The van der Waals surface area contributed by atoms with Gasteiger partial charge in [-0.15, -0.1) is 0 Å². The number of hydrogen-bond acceptors (Lipinski definition) is 7. The Morgan fingerprint density at radius 3 is 2.44 bits per heavy atom. The highest BCUT2D eigenvalue weighted by Gasteiger charge is 2.15. The van der Waals surface area contributed by atoms with Crippen LogP contribution in [0.4, 0.5) is 5.82 Å². The Labute approximate surface area is 195 Å². The van der Waals surface area contributed by atoms with Crippen molar-refractivity contribution in [1.82, 2.24) is 34.6 Å². The zero-order valence-corrected chi connectivity index (χ0v) is 19.0. The molecule has 168 valence electrons. The van der Waals surface area contributed by atoms with Crippen LogP contribution in [0.1, 0.15) is 10.4 Å². The molecule has 34 heavy (non-hydrogen) atoms. The minimum absolute atomic E-state index is 0.112. The number of fused-ring (bicyclic) bond motifs is 1. The van der Waals surface area contributed by atoms with E-state index in [9.17, 15) is 4.79 Å². The molecule has 9 heteroatoms. The van der Waals surface area contributed by atoms with Gasteiger partial charge in [0, 0.05) is 79.8 Å². The van der Waals surface area contributed by atoms with Gasteiger partial charge in [-0.1, -0.05) is 0 Å². The monoisotopic (exact) mass is 450 g/mol. The van der Waals surface area contributed by atoms with Crippen LogP contribution in [0.15, 0.2) is 67.4 Å². The molecule has 0 saturated heterocycles. The van der Waals surface area contributed by atoms with Gasteiger partial charge in [-0.25, -0.2) is 14.6 Å². The van der Waals surface area contributed by atoms with E-state index in [1.54, 1.807) is 61.9 Å². The van der Waals surface area contributed by atoms with Crippen molar-refractivity contribution in [3.05, 3.63) is 72.9 Å². The van der Waals surface area contributed by atoms with E-state index in [-0.39, 0.29) is 5.91 Å². The Morgan fingerprint density at radius 1 is 0.941 bits per heavy atom. The molecule has 0 fully saturated rings. The van der Waals surface area contributed by atoms with Crippen LogP contribution in [-0.2, 0) is 7.05 Å². The SMILES string of the molecule is CN(C)C(=O)c1ccc(-c2cc(-c3cnc4c(c3)c(-c3cccnc3)nn4C)cnc2N)nc1. The Bertz CT molecular complexity index is 1510. The highest BCUT2D eigenvalue weighted by molar-refractivity contribution is 5.95. The Hall–Kier alpha value is -4.66. The predicted molar refractivity (Wildman–Crippen MR) is 131 cm³/mol. The molecule has 9 nitrogen and oxygen atoms in total. The molecule has 0 spiro atoms. The van der Waals surface area contributed by atoms with E-state index in [0.717, 1.165) is 33.4 Å². The van der Waals surface area contributed by atoms with Crippen molar-refractivity contribution < 1.29 is 4.79 Å². The van der Waals surface area contributed by atoms with Crippen molar-refractivity contribution >= 4 is 22.8 Å². The van der Waals surface area contributed by atoms with Crippen molar-refractivity contribution in [2.24, 2.45) is 7.05 Å². The molecule has 0 unspecified atom stereocenters. The quantitative estimate of drug-likeness (QED) is 0.446. The summed E-state index contributed by atoms with van der Waals surface area (Å²) in [7, 11) is 5.27. The van der Waals surface area contributed by atoms with Crippen LogP contribution < -0.4 is 5.73 Å². The maximum atomic E-state index is 12.2. The summed E-state index contributed by atoms with van der Waals surface area (Å²) in [6.45, 7) is 0. The normalized spacial score (nSPS) is 11.0. The van der Waals surface area contributed by atoms with Crippen LogP contribution >= 0.6 is 0 Å². The molecule has 0 saturated carbocycles. The minimum Gasteiger partial charge on any atom is -0.383 e. The van der Waals surface area contributed by atoms with Crippen molar-refractivity contribution in [1.29, 1.82) is 0 Å². The molecule has 0 aliphatic rings. The summed E-state index contributed by atoms with van der Waals surface area (Å²) in [6, 6.07) is 11.3. The lowest BCUT2D eigenvalue weighted by Gasteiger charge is -2.11. The molecule has 5 heterocycles. The molecule has 0 atom stereocenters. The maximum absolute atomic E-state index is 12.2. The third kappa shape index (κ3) is 3.73. The van der Waals surface area contributed by atoms with Gasteiger partial charge in [0.1, 0.15) is 11.5 Å². The van der Waals surface area contributed by atoms with E-state index < -0.39 is 0 Å². The first-order valence-electron chi connectivity index (χ1n) is 10.6. The molecule has 0 bridgehead atoms.